The van der Waals surface area contributed by atoms with Crippen molar-refractivity contribution >= 4 is 21.7 Å². The van der Waals surface area contributed by atoms with Gasteiger partial charge in [-0.2, -0.15) is 5.10 Å². The molecule has 0 fully saturated rings. The lowest BCUT2D eigenvalue weighted by Gasteiger charge is -2.11. The van der Waals surface area contributed by atoms with Crippen molar-refractivity contribution in [3.8, 4) is 5.75 Å². The van der Waals surface area contributed by atoms with E-state index in [0.29, 0.717) is 10.9 Å². The first-order valence-corrected chi connectivity index (χ1v) is 6.88. The van der Waals surface area contributed by atoms with Gasteiger partial charge in [0.2, 0.25) is 0 Å². The molecule has 0 aliphatic carbocycles. The zero-order valence-corrected chi connectivity index (χ0v) is 12.8. The number of benzene rings is 1. The van der Waals surface area contributed by atoms with E-state index in [-0.39, 0.29) is 23.7 Å². The van der Waals surface area contributed by atoms with E-state index in [0.717, 1.165) is 5.69 Å². The summed E-state index contributed by atoms with van der Waals surface area (Å²) in [6.45, 7) is 1.66. The Morgan fingerprint density at radius 2 is 2.25 bits per heavy atom. The van der Waals surface area contributed by atoms with E-state index < -0.39 is 5.82 Å². The summed E-state index contributed by atoms with van der Waals surface area (Å²) in [5.41, 5.74) is 1.22. The molecule has 0 spiro atoms. The quantitative estimate of drug-likeness (QED) is 0.785. The highest BCUT2D eigenvalue weighted by molar-refractivity contribution is 9.10. The Labute approximate surface area is 124 Å². The number of hydrogen-bond acceptors (Lipinski definition) is 3. The molecule has 1 heterocycles. The van der Waals surface area contributed by atoms with Crippen molar-refractivity contribution < 1.29 is 13.9 Å². The Kier molecular flexibility index (Phi) is 4.54. The molecule has 0 aliphatic rings. The molecule has 4 nitrogen and oxygen atoms in total. The van der Waals surface area contributed by atoms with Crippen LogP contribution in [0.15, 0.2) is 28.9 Å². The van der Waals surface area contributed by atoms with E-state index in [1.165, 1.54) is 13.0 Å². The van der Waals surface area contributed by atoms with Crippen LogP contribution in [-0.2, 0) is 13.5 Å². The molecule has 0 saturated heterocycles. The molecule has 0 atom stereocenters. The van der Waals surface area contributed by atoms with Gasteiger partial charge in [0.05, 0.1) is 12.2 Å². The summed E-state index contributed by atoms with van der Waals surface area (Å²) in [6, 6.07) is 4.71. The van der Waals surface area contributed by atoms with Crippen LogP contribution in [0.2, 0.25) is 0 Å². The van der Waals surface area contributed by atoms with Gasteiger partial charge in [0.25, 0.3) is 0 Å². The van der Waals surface area contributed by atoms with Crippen molar-refractivity contribution in [3.63, 3.8) is 0 Å². The molecule has 0 radical (unpaired) electrons. The van der Waals surface area contributed by atoms with Gasteiger partial charge >= 0.3 is 0 Å². The molecule has 2 aromatic rings. The molecule has 0 amide bonds. The van der Waals surface area contributed by atoms with Crippen LogP contribution in [0.3, 0.4) is 0 Å². The van der Waals surface area contributed by atoms with Crippen LogP contribution >= 0.6 is 15.9 Å². The van der Waals surface area contributed by atoms with Crippen molar-refractivity contribution in [2.45, 2.75) is 13.3 Å². The average molecular weight is 341 g/mol. The van der Waals surface area contributed by atoms with Gasteiger partial charge in [0.1, 0.15) is 0 Å². The number of aromatic nitrogens is 2. The minimum Gasteiger partial charge on any atom is -0.489 e. The SMILES string of the molecule is CC(=O)c1cc(Br)cc(F)c1OCCc1ccnn1C. The molecular weight excluding hydrogens is 327 g/mol. The Morgan fingerprint density at radius 1 is 1.50 bits per heavy atom. The molecule has 20 heavy (non-hydrogen) atoms. The van der Waals surface area contributed by atoms with E-state index in [2.05, 4.69) is 21.0 Å². The third-order valence-electron chi connectivity index (χ3n) is 2.91. The van der Waals surface area contributed by atoms with E-state index >= 15 is 0 Å². The van der Waals surface area contributed by atoms with Gasteiger partial charge in [-0.15, -0.1) is 0 Å². The molecule has 1 aromatic carbocycles. The predicted octanol–water partition coefficient (Wildman–Crippen LogP) is 3.15. The van der Waals surface area contributed by atoms with Crippen LogP contribution in [0.5, 0.6) is 5.75 Å². The number of ether oxygens (including phenoxy) is 1. The van der Waals surface area contributed by atoms with Crippen molar-refractivity contribution in [1.29, 1.82) is 0 Å². The molecule has 6 heteroatoms. The van der Waals surface area contributed by atoms with Crippen molar-refractivity contribution in [2.75, 3.05) is 6.61 Å². The molecule has 0 unspecified atom stereocenters. The molecular formula is C14H14BrFN2O2. The topological polar surface area (TPSA) is 44.1 Å². The van der Waals surface area contributed by atoms with Crippen LogP contribution in [0.1, 0.15) is 23.0 Å². The standard InChI is InChI=1S/C14H14BrFN2O2/c1-9(19)12-7-10(15)8-13(16)14(12)20-6-4-11-3-5-17-18(11)2/h3,5,7-8H,4,6H2,1-2H3. The van der Waals surface area contributed by atoms with Crippen LogP contribution < -0.4 is 4.74 Å². The predicted molar refractivity (Wildman–Crippen MR) is 76.5 cm³/mol. The number of nitrogens with zero attached hydrogens (tertiary/aromatic N) is 2. The fourth-order valence-corrected chi connectivity index (χ4v) is 2.30. The minimum atomic E-state index is -0.547. The average Bonchev–Trinajstić information content (AvgIpc) is 2.77. The van der Waals surface area contributed by atoms with Crippen molar-refractivity contribution in [3.05, 3.63) is 45.9 Å². The van der Waals surface area contributed by atoms with Crippen molar-refractivity contribution in [2.24, 2.45) is 7.05 Å². The van der Waals surface area contributed by atoms with Gasteiger partial charge < -0.3 is 4.74 Å². The second kappa shape index (κ2) is 6.17. The second-order valence-corrected chi connectivity index (χ2v) is 5.28. The molecule has 0 N–H and O–H groups in total. The number of ketones is 1. The number of aryl methyl sites for hydroxylation is 1. The smallest absolute Gasteiger partial charge is 0.166 e. The highest BCUT2D eigenvalue weighted by Crippen LogP contribution is 2.28. The molecule has 2 rings (SSSR count). The summed E-state index contributed by atoms with van der Waals surface area (Å²) in [7, 11) is 1.83. The lowest BCUT2D eigenvalue weighted by molar-refractivity contribution is 0.101. The van der Waals surface area contributed by atoms with E-state index in [4.69, 9.17) is 4.74 Å². The lowest BCUT2D eigenvalue weighted by Crippen LogP contribution is -2.09. The Balaban J connectivity index is 2.13. The van der Waals surface area contributed by atoms with Gasteiger partial charge in [0.15, 0.2) is 17.3 Å². The maximum atomic E-state index is 13.9. The Morgan fingerprint density at radius 3 is 2.85 bits per heavy atom. The maximum Gasteiger partial charge on any atom is 0.166 e. The van der Waals surface area contributed by atoms with Gasteiger partial charge in [-0.05, 0) is 25.1 Å². The van der Waals surface area contributed by atoms with Crippen LogP contribution in [-0.4, -0.2) is 22.2 Å². The van der Waals surface area contributed by atoms with Crippen molar-refractivity contribution in [1.82, 2.24) is 9.78 Å². The summed E-state index contributed by atoms with van der Waals surface area (Å²) in [5.74, 6) is -0.779. The zero-order valence-electron chi connectivity index (χ0n) is 11.2. The maximum absolute atomic E-state index is 13.9. The fraction of sp³-hybridized carbons (Fsp3) is 0.286. The van der Waals surface area contributed by atoms with Crippen LogP contribution in [0.4, 0.5) is 4.39 Å². The number of rotatable bonds is 5. The molecule has 106 valence electrons. The van der Waals surface area contributed by atoms with Gasteiger partial charge in [-0.1, -0.05) is 15.9 Å². The van der Waals surface area contributed by atoms with Gasteiger partial charge in [0, 0.05) is 29.8 Å². The third-order valence-corrected chi connectivity index (χ3v) is 3.37. The molecule has 0 aliphatic heterocycles. The van der Waals surface area contributed by atoms with Crippen LogP contribution in [0.25, 0.3) is 0 Å². The first-order chi connectivity index (χ1) is 9.49. The summed E-state index contributed by atoms with van der Waals surface area (Å²) in [5, 5.41) is 4.04. The largest absolute Gasteiger partial charge is 0.489 e. The van der Waals surface area contributed by atoms with Gasteiger partial charge in [-0.25, -0.2) is 4.39 Å². The molecule has 0 saturated carbocycles. The number of carbonyl (C=O) groups is 1. The minimum absolute atomic E-state index is 0.00266. The first-order valence-electron chi connectivity index (χ1n) is 6.08. The van der Waals surface area contributed by atoms with Gasteiger partial charge in [-0.3, -0.25) is 9.48 Å². The Bertz CT molecular complexity index is 640. The normalized spacial score (nSPS) is 10.6. The highest BCUT2D eigenvalue weighted by Gasteiger charge is 2.15. The number of carbonyl (C=O) groups excluding carboxylic acids is 1. The second-order valence-electron chi connectivity index (χ2n) is 4.37. The first kappa shape index (κ1) is 14.7. The Hall–Kier alpha value is -1.69. The van der Waals surface area contributed by atoms with E-state index in [1.807, 2.05) is 13.1 Å². The lowest BCUT2D eigenvalue weighted by atomic mass is 10.1. The summed E-state index contributed by atoms with van der Waals surface area (Å²) in [6.07, 6.45) is 2.28. The third kappa shape index (κ3) is 3.25. The number of hydrogen-bond donors (Lipinski definition) is 0. The zero-order chi connectivity index (χ0) is 14.7. The monoisotopic (exact) mass is 340 g/mol. The summed E-state index contributed by atoms with van der Waals surface area (Å²) in [4.78, 5) is 11.5. The van der Waals surface area contributed by atoms with E-state index in [1.54, 1.807) is 16.9 Å². The fourth-order valence-electron chi connectivity index (χ4n) is 1.87. The molecule has 0 bridgehead atoms. The van der Waals surface area contributed by atoms with E-state index in [9.17, 15) is 9.18 Å². The highest BCUT2D eigenvalue weighted by atomic mass is 79.9. The summed E-state index contributed by atoms with van der Waals surface area (Å²) >= 11 is 3.17. The number of halogens is 2. The summed E-state index contributed by atoms with van der Waals surface area (Å²) < 4.78 is 21.6. The van der Waals surface area contributed by atoms with Crippen LogP contribution in [0, 0.1) is 5.82 Å². The number of Topliss-reactive ketones (excluding diaryl/α,β-unsaturated/α-hetero) is 1. The molecule has 1 aromatic heterocycles.